The number of likely N-dealkylation sites (tertiary alicyclic amines) is 1. The van der Waals surface area contributed by atoms with Gasteiger partial charge in [0.25, 0.3) is 5.91 Å². The smallest absolute Gasteiger partial charge is 0.263 e. The number of ether oxygens (including phenoxy) is 2. The minimum Gasteiger partial charge on any atom is -0.378 e. The Morgan fingerprint density at radius 2 is 1.86 bits per heavy atom. The summed E-state index contributed by atoms with van der Waals surface area (Å²) in [4.78, 5) is 31.2. The van der Waals surface area contributed by atoms with Crippen LogP contribution in [0.5, 0.6) is 0 Å². The molecule has 3 aliphatic rings. The number of aryl methyl sites for hydroxylation is 1. The Balaban J connectivity index is 1.30. The first kappa shape index (κ1) is 19.9. The number of amides is 2. The van der Waals surface area contributed by atoms with E-state index < -0.39 is 0 Å². The normalized spacial score (nSPS) is 25.1. The molecule has 3 saturated heterocycles. The van der Waals surface area contributed by atoms with Crippen molar-refractivity contribution < 1.29 is 19.1 Å². The van der Waals surface area contributed by atoms with Crippen molar-refractivity contribution in [3.05, 3.63) is 21.9 Å². The third-order valence-corrected chi connectivity index (χ3v) is 7.32. The van der Waals surface area contributed by atoms with E-state index in [4.69, 9.17) is 9.47 Å². The highest BCUT2D eigenvalue weighted by Gasteiger charge is 2.42. The topological polar surface area (TPSA) is 59.1 Å². The van der Waals surface area contributed by atoms with Crippen LogP contribution >= 0.6 is 11.3 Å². The lowest BCUT2D eigenvalue weighted by Gasteiger charge is -2.46. The zero-order valence-corrected chi connectivity index (χ0v) is 17.5. The SMILES string of the molecule is Cc1ccc(C(=O)N2CCC3(CC2)CC(CC(=O)N2CCOCC2)CCO3)s1. The van der Waals surface area contributed by atoms with Gasteiger partial charge in [-0.25, -0.2) is 0 Å². The van der Waals surface area contributed by atoms with Crippen LogP contribution in [0.3, 0.4) is 0 Å². The summed E-state index contributed by atoms with van der Waals surface area (Å²) in [7, 11) is 0. The second-order valence-electron chi connectivity index (χ2n) is 8.29. The molecule has 4 rings (SSSR count). The van der Waals surface area contributed by atoms with Gasteiger partial charge in [0.05, 0.1) is 23.7 Å². The van der Waals surface area contributed by atoms with E-state index in [1.165, 1.54) is 4.88 Å². The van der Waals surface area contributed by atoms with Crippen molar-refractivity contribution in [3.63, 3.8) is 0 Å². The molecule has 3 fully saturated rings. The lowest BCUT2D eigenvalue weighted by Crippen LogP contribution is -2.51. The Kier molecular flexibility index (Phi) is 6.04. The van der Waals surface area contributed by atoms with Gasteiger partial charge in [-0.15, -0.1) is 11.3 Å². The minimum absolute atomic E-state index is 0.141. The molecule has 0 bridgehead atoms. The van der Waals surface area contributed by atoms with Crippen LogP contribution in [-0.2, 0) is 14.3 Å². The maximum Gasteiger partial charge on any atom is 0.263 e. The van der Waals surface area contributed by atoms with Crippen LogP contribution in [-0.4, -0.2) is 73.2 Å². The van der Waals surface area contributed by atoms with E-state index in [1.807, 2.05) is 28.9 Å². The highest BCUT2D eigenvalue weighted by molar-refractivity contribution is 7.13. The number of carbonyl (C=O) groups excluding carboxylic acids is 2. The standard InChI is InChI=1S/C21H30N2O4S/c1-16-2-3-18(28-16)20(25)23-7-5-21(6-8-23)15-17(4-11-27-21)14-19(24)22-9-12-26-13-10-22/h2-3,17H,4-15H2,1H3. The minimum atomic E-state index is -0.156. The summed E-state index contributed by atoms with van der Waals surface area (Å²) in [6.07, 6.45) is 4.23. The summed E-state index contributed by atoms with van der Waals surface area (Å²) < 4.78 is 11.6. The summed E-state index contributed by atoms with van der Waals surface area (Å²) in [5, 5.41) is 0. The molecule has 0 N–H and O–H groups in total. The largest absolute Gasteiger partial charge is 0.378 e. The molecule has 0 aliphatic carbocycles. The molecular weight excluding hydrogens is 376 g/mol. The highest BCUT2D eigenvalue weighted by Crippen LogP contribution is 2.39. The van der Waals surface area contributed by atoms with Crippen LogP contribution in [0.1, 0.15) is 46.7 Å². The average molecular weight is 407 g/mol. The molecule has 154 valence electrons. The van der Waals surface area contributed by atoms with Crippen LogP contribution in [0.25, 0.3) is 0 Å². The molecule has 1 atom stereocenters. The van der Waals surface area contributed by atoms with E-state index in [1.54, 1.807) is 11.3 Å². The molecule has 1 aromatic heterocycles. The third-order valence-electron chi connectivity index (χ3n) is 6.34. The second-order valence-corrected chi connectivity index (χ2v) is 9.58. The van der Waals surface area contributed by atoms with Crippen LogP contribution in [0.2, 0.25) is 0 Å². The molecule has 0 saturated carbocycles. The lowest BCUT2D eigenvalue weighted by atomic mass is 9.78. The van der Waals surface area contributed by atoms with E-state index >= 15 is 0 Å². The monoisotopic (exact) mass is 406 g/mol. The number of morpholine rings is 1. The number of hydrogen-bond acceptors (Lipinski definition) is 5. The van der Waals surface area contributed by atoms with Gasteiger partial charge in [-0.1, -0.05) is 0 Å². The van der Waals surface area contributed by atoms with Gasteiger partial charge in [0.2, 0.25) is 5.91 Å². The van der Waals surface area contributed by atoms with E-state index in [-0.39, 0.29) is 17.4 Å². The number of rotatable bonds is 3. The van der Waals surface area contributed by atoms with E-state index in [2.05, 4.69) is 0 Å². The van der Waals surface area contributed by atoms with Gasteiger partial charge in [0.15, 0.2) is 0 Å². The Hall–Kier alpha value is -1.44. The van der Waals surface area contributed by atoms with E-state index in [0.29, 0.717) is 38.6 Å². The van der Waals surface area contributed by atoms with Crippen molar-refractivity contribution in [1.82, 2.24) is 9.80 Å². The zero-order valence-electron chi connectivity index (χ0n) is 16.7. The van der Waals surface area contributed by atoms with E-state index in [9.17, 15) is 9.59 Å². The predicted molar refractivity (Wildman–Crippen MR) is 108 cm³/mol. The van der Waals surface area contributed by atoms with Crippen molar-refractivity contribution in [2.45, 2.75) is 44.6 Å². The van der Waals surface area contributed by atoms with Crippen molar-refractivity contribution in [2.24, 2.45) is 5.92 Å². The molecule has 1 spiro atoms. The second kappa shape index (κ2) is 8.51. The molecule has 1 unspecified atom stereocenters. The Morgan fingerprint density at radius 3 is 2.54 bits per heavy atom. The fourth-order valence-electron chi connectivity index (χ4n) is 4.66. The summed E-state index contributed by atoms with van der Waals surface area (Å²) in [6, 6.07) is 3.93. The lowest BCUT2D eigenvalue weighted by molar-refractivity contribution is -0.143. The molecule has 6 nitrogen and oxygen atoms in total. The van der Waals surface area contributed by atoms with Crippen LogP contribution in [0.15, 0.2) is 12.1 Å². The maximum atomic E-state index is 12.7. The summed E-state index contributed by atoms with van der Waals surface area (Å²) in [6.45, 7) is 6.95. The molecule has 2 amide bonds. The van der Waals surface area contributed by atoms with Gasteiger partial charge in [-0.05, 0) is 50.7 Å². The van der Waals surface area contributed by atoms with Gasteiger partial charge >= 0.3 is 0 Å². The molecule has 7 heteroatoms. The Morgan fingerprint density at radius 1 is 1.11 bits per heavy atom. The number of carbonyl (C=O) groups is 2. The number of hydrogen-bond donors (Lipinski definition) is 0. The Bertz CT molecular complexity index is 705. The first-order valence-electron chi connectivity index (χ1n) is 10.4. The van der Waals surface area contributed by atoms with Crippen molar-refractivity contribution in [1.29, 1.82) is 0 Å². The molecule has 1 aromatic rings. The van der Waals surface area contributed by atoms with E-state index in [0.717, 1.165) is 50.3 Å². The molecular formula is C21H30N2O4S. The number of thiophene rings is 1. The molecule has 0 aromatic carbocycles. The van der Waals surface area contributed by atoms with Gasteiger partial charge < -0.3 is 19.3 Å². The van der Waals surface area contributed by atoms with Gasteiger partial charge in [-0.3, -0.25) is 9.59 Å². The fraction of sp³-hybridized carbons (Fsp3) is 0.714. The zero-order chi connectivity index (χ0) is 19.6. The summed E-state index contributed by atoms with van der Waals surface area (Å²) >= 11 is 1.56. The van der Waals surface area contributed by atoms with Crippen molar-refractivity contribution >= 4 is 23.2 Å². The summed E-state index contributed by atoms with van der Waals surface area (Å²) in [5.41, 5.74) is -0.156. The van der Waals surface area contributed by atoms with Crippen molar-refractivity contribution in [2.75, 3.05) is 46.0 Å². The first-order valence-corrected chi connectivity index (χ1v) is 11.2. The number of nitrogens with zero attached hydrogens (tertiary/aromatic N) is 2. The Labute approximate surface area is 170 Å². The fourth-order valence-corrected chi connectivity index (χ4v) is 5.50. The highest BCUT2D eigenvalue weighted by atomic mass is 32.1. The van der Waals surface area contributed by atoms with Crippen LogP contribution in [0.4, 0.5) is 0 Å². The van der Waals surface area contributed by atoms with Crippen LogP contribution in [0, 0.1) is 12.8 Å². The molecule has 28 heavy (non-hydrogen) atoms. The first-order chi connectivity index (χ1) is 13.5. The number of piperidine rings is 1. The molecule has 3 aliphatic heterocycles. The maximum absolute atomic E-state index is 12.7. The predicted octanol–water partition coefficient (Wildman–Crippen LogP) is 2.71. The molecule has 0 radical (unpaired) electrons. The van der Waals surface area contributed by atoms with Gasteiger partial charge in [-0.2, -0.15) is 0 Å². The quantitative estimate of drug-likeness (QED) is 0.774. The summed E-state index contributed by atoms with van der Waals surface area (Å²) in [5.74, 6) is 0.778. The van der Waals surface area contributed by atoms with Crippen LogP contribution < -0.4 is 0 Å². The molecule has 4 heterocycles. The van der Waals surface area contributed by atoms with Gasteiger partial charge in [0, 0.05) is 44.1 Å². The van der Waals surface area contributed by atoms with Gasteiger partial charge in [0.1, 0.15) is 0 Å². The average Bonchev–Trinajstić information content (AvgIpc) is 3.15. The third kappa shape index (κ3) is 4.42. The van der Waals surface area contributed by atoms with Crippen molar-refractivity contribution in [3.8, 4) is 0 Å².